The highest BCUT2D eigenvalue weighted by Crippen LogP contribution is 2.33. The van der Waals surface area contributed by atoms with Crippen LogP contribution in [0, 0.1) is 5.92 Å². The molecule has 2 aliphatic rings. The van der Waals surface area contributed by atoms with Crippen LogP contribution in [0.1, 0.15) is 24.0 Å². The quantitative estimate of drug-likeness (QED) is 0.659. The predicted octanol–water partition coefficient (Wildman–Crippen LogP) is 1.78. The van der Waals surface area contributed by atoms with Crippen molar-refractivity contribution in [3.8, 4) is 11.5 Å². The van der Waals surface area contributed by atoms with E-state index in [0.29, 0.717) is 19.8 Å². The Morgan fingerprint density at radius 2 is 1.83 bits per heavy atom. The van der Waals surface area contributed by atoms with Gasteiger partial charge in [-0.25, -0.2) is 0 Å². The van der Waals surface area contributed by atoms with Crippen molar-refractivity contribution >= 4 is 30.7 Å². The number of hydrogen-bond donors (Lipinski definition) is 2. The zero-order valence-corrected chi connectivity index (χ0v) is 18.8. The van der Waals surface area contributed by atoms with Crippen molar-refractivity contribution in [2.75, 3.05) is 47.1 Å². The average Bonchev–Trinajstić information content (AvgIpc) is 2.72. The van der Waals surface area contributed by atoms with Gasteiger partial charge in [-0.2, -0.15) is 0 Å². The molecule has 29 heavy (non-hydrogen) atoms. The lowest BCUT2D eigenvalue weighted by atomic mass is 9.92. The Morgan fingerprint density at radius 1 is 1.21 bits per heavy atom. The molecule has 1 aromatic rings. The predicted molar refractivity (Wildman–Crippen MR) is 118 cm³/mol. The van der Waals surface area contributed by atoms with E-state index in [2.05, 4.69) is 22.3 Å². The van der Waals surface area contributed by atoms with Crippen molar-refractivity contribution in [1.82, 2.24) is 10.2 Å². The molecular formula is C20H33Cl2N3O4. The third-order valence-electron chi connectivity index (χ3n) is 5.60. The molecule has 1 amide bonds. The number of carbonyl (C=O) groups is 1. The summed E-state index contributed by atoms with van der Waals surface area (Å²) in [7, 11) is 3.31. The number of rotatable bonds is 7. The number of nitrogens with zero attached hydrogens (tertiary/aromatic N) is 1. The molecule has 166 valence electrons. The Hall–Kier alpha value is -1.25. The van der Waals surface area contributed by atoms with Gasteiger partial charge < -0.3 is 25.3 Å². The summed E-state index contributed by atoms with van der Waals surface area (Å²) in [6.45, 7) is 4.63. The summed E-state index contributed by atoms with van der Waals surface area (Å²) in [5, 5.41) is 3.00. The first-order valence-electron chi connectivity index (χ1n) is 9.69. The van der Waals surface area contributed by atoms with Crippen LogP contribution in [-0.4, -0.2) is 63.9 Å². The molecule has 9 heteroatoms. The largest absolute Gasteiger partial charge is 0.493 e. The molecule has 1 aromatic carbocycles. The number of amides is 1. The van der Waals surface area contributed by atoms with E-state index in [1.165, 1.54) is 11.1 Å². The van der Waals surface area contributed by atoms with Crippen molar-refractivity contribution < 1.29 is 19.0 Å². The number of halogens is 2. The summed E-state index contributed by atoms with van der Waals surface area (Å²) in [6, 6.07) is 3.69. The Kier molecular flexibility index (Phi) is 11.1. The number of nitrogens with one attached hydrogen (secondary N) is 1. The first kappa shape index (κ1) is 25.8. The van der Waals surface area contributed by atoms with Gasteiger partial charge in [0.25, 0.3) is 0 Å². The molecule has 0 aliphatic carbocycles. The van der Waals surface area contributed by atoms with Gasteiger partial charge in [0.2, 0.25) is 5.91 Å². The van der Waals surface area contributed by atoms with Crippen LogP contribution in [0.2, 0.25) is 0 Å². The molecule has 7 nitrogen and oxygen atoms in total. The van der Waals surface area contributed by atoms with E-state index >= 15 is 0 Å². The van der Waals surface area contributed by atoms with E-state index < -0.39 is 6.04 Å². The summed E-state index contributed by atoms with van der Waals surface area (Å²) >= 11 is 0. The highest BCUT2D eigenvalue weighted by Gasteiger charge is 2.26. The summed E-state index contributed by atoms with van der Waals surface area (Å²) < 4.78 is 16.1. The lowest BCUT2D eigenvalue weighted by Gasteiger charge is -2.30. The number of fused-ring (bicyclic) bond motifs is 1. The zero-order valence-electron chi connectivity index (χ0n) is 17.1. The number of methoxy groups -OCH3 is 2. The monoisotopic (exact) mass is 449 g/mol. The van der Waals surface area contributed by atoms with Gasteiger partial charge >= 0.3 is 0 Å². The summed E-state index contributed by atoms with van der Waals surface area (Å²) in [6.07, 6.45) is 2.69. The average molecular weight is 450 g/mol. The van der Waals surface area contributed by atoms with E-state index in [0.717, 1.165) is 50.4 Å². The van der Waals surface area contributed by atoms with Gasteiger partial charge in [-0.1, -0.05) is 0 Å². The third kappa shape index (κ3) is 6.62. The first-order chi connectivity index (χ1) is 13.1. The molecule has 1 fully saturated rings. The van der Waals surface area contributed by atoms with Crippen LogP contribution in [0.25, 0.3) is 0 Å². The van der Waals surface area contributed by atoms with Gasteiger partial charge in [0.05, 0.1) is 20.3 Å². The second kappa shape index (κ2) is 12.4. The van der Waals surface area contributed by atoms with Crippen LogP contribution in [0.15, 0.2) is 12.1 Å². The molecule has 0 radical (unpaired) electrons. The minimum atomic E-state index is -0.437. The number of carbonyl (C=O) groups excluding carboxylic acids is 1. The van der Waals surface area contributed by atoms with Crippen molar-refractivity contribution in [2.24, 2.45) is 11.7 Å². The molecular weight excluding hydrogens is 417 g/mol. The molecule has 0 aromatic heterocycles. The van der Waals surface area contributed by atoms with Gasteiger partial charge in [0.15, 0.2) is 11.5 Å². The van der Waals surface area contributed by atoms with Crippen molar-refractivity contribution in [2.45, 2.75) is 31.8 Å². The standard InChI is InChI=1S/C20H31N3O4.2ClH/c1-25-17-11-15-3-7-23(13-16(15)12-18(17)26-2)8-6-22-20(24)19(21)14-4-9-27-10-5-14;;/h11-12,14,19H,3-10,13,21H2,1-2H3,(H,22,24);2*1H. The lowest BCUT2D eigenvalue weighted by Crippen LogP contribution is -2.48. The van der Waals surface area contributed by atoms with Crippen LogP contribution in [0.3, 0.4) is 0 Å². The summed E-state index contributed by atoms with van der Waals surface area (Å²) in [4.78, 5) is 14.7. The first-order valence-corrected chi connectivity index (χ1v) is 9.69. The third-order valence-corrected chi connectivity index (χ3v) is 5.60. The van der Waals surface area contributed by atoms with E-state index in [9.17, 15) is 4.79 Å². The lowest BCUT2D eigenvalue weighted by molar-refractivity contribution is -0.124. The van der Waals surface area contributed by atoms with Crippen LogP contribution in [0.4, 0.5) is 0 Å². The van der Waals surface area contributed by atoms with Crippen molar-refractivity contribution in [3.05, 3.63) is 23.3 Å². The number of ether oxygens (including phenoxy) is 3. The molecule has 0 saturated carbocycles. The van der Waals surface area contributed by atoms with Gasteiger partial charge in [-0.05, 0) is 48.4 Å². The molecule has 3 N–H and O–H groups in total. The topological polar surface area (TPSA) is 86.1 Å². The molecule has 3 rings (SSSR count). The second-order valence-corrected chi connectivity index (χ2v) is 7.27. The molecule has 1 atom stereocenters. The SMILES string of the molecule is COc1cc2c(cc1OC)CN(CCNC(=O)C(N)C1CCOCC1)CC2.Cl.Cl. The molecule has 1 saturated heterocycles. The summed E-state index contributed by atoms with van der Waals surface area (Å²) in [5.41, 5.74) is 8.68. The van der Waals surface area contributed by atoms with Crippen LogP contribution >= 0.6 is 24.8 Å². The normalized spacial score (nSPS) is 17.9. The Balaban J connectivity index is 0.00000210. The maximum atomic E-state index is 12.3. The molecule has 0 bridgehead atoms. The maximum absolute atomic E-state index is 12.3. The Bertz CT molecular complexity index is 657. The molecule has 2 aliphatic heterocycles. The van der Waals surface area contributed by atoms with Gasteiger partial charge in [-0.15, -0.1) is 24.8 Å². The zero-order chi connectivity index (χ0) is 19.2. The van der Waals surface area contributed by atoms with E-state index in [-0.39, 0.29) is 36.6 Å². The summed E-state index contributed by atoms with van der Waals surface area (Å²) in [5.74, 6) is 1.71. The van der Waals surface area contributed by atoms with Crippen molar-refractivity contribution in [1.29, 1.82) is 0 Å². The van der Waals surface area contributed by atoms with E-state index in [1.54, 1.807) is 14.2 Å². The fourth-order valence-corrected chi connectivity index (χ4v) is 3.88. The Morgan fingerprint density at radius 3 is 2.45 bits per heavy atom. The minimum absolute atomic E-state index is 0. The fourth-order valence-electron chi connectivity index (χ4n) is 3.88. The fraction of sp³-hybridized carbons (Fsp3) is 0.650. The molecule has 0 spiro atoms. The van der Waals surface area contributed by atoms with Crippen LogP contribution in [0.5, 0.6) is 11.5 Å². The van der Waals surface area contributed by atoms with Crippen molar-refractivity contribution in [3.63, 3.8) is 0 Å². The van der Waals surface area contributed by atoms with E-state index in [1.807, 2.05) is 0 Å². The highest BCUT2D eigenvalue weighted by atomic mass is 35.5. The smallest absolute Gasteiger partial charge is 0.237 e. The van der Waals surface area contributed by atoms with Gasteiger partial charge in [0.1, 0.15) is 0 Å². The van der Waals surface area contributed by atoms with Crippen LogP contribution < -0.4 is 20.5 Å². The number of benzene rings is 1. The Labute approximate surface area is 185 Å². The number of nitrogens with two attached hydrogens (primary N) is 1. The van der Waals surface area contributed by atoms with Crippen LogP contribution in [-0.2, 0) is 22.5 Å². The molecule has 1 unspecified atom stereocenters. The minimum Gasteiger partial charge on any atom is -0.493 e. The second-order valence-electron chi connectivity index (χ2n) is 7.27. The van der Waals surface area contributed by atoms with E-state index in [4.69, 9.17) is 19.9 Å². The van der Waals surface area contributed by atoms with Gasteiger partial charge in [-0.3, -0.25) is 9.69 Å². The number of hydrogen-bond acceptors (Lipinski definition) is 6. The molecule has 2 heterocycles. The highest BCUT2D eigenvalue weighted by molar-refractivity contribution is 5.85. The maximum Gasteiger partial charge on any atom is 0.237 e. The van der Waals surface area contributed by atoms with Gasteiger partial charge in [0, 0.05) is 39.4 Å².